The standard InChI is InChI=1S/C30H32F2/c1-2-3-4-22-5-7-23(8-6-22)9-10-25-12-15-26(30(32)20-25)14-11-24-13-16-28-21-29(31)18-17-27(28)19-24/h12-13,15-23H,2-10H2,1H3. The van der Waals surface area contributed by atoms with Gasteiger partial charge in [0.05, 0.1) is 5.56 Å². The lowest BCUT2D eigenvalue weighted by molar-refractivity contribution is 0.250. The zero-order valence-electron chi connectivity index (χ0n) is 19.0. The third-order valence-corrected chi connectivity index (χ3v) is 6.95. The van der Waals surface area contributed by atoms with Crippen molar-refractivity contribution >= 4 is 10.8 Å². The normalized spacial score (nSPS) is 18.3. The van der Waals surface area contributed by atoms with E-state index in [2.05, 4.69) is 18.8 Å². The summed E-state index contributed by atoms with van der Waals surface area (Å²) in [6.45, 7) is 2.27. The van der Waals surface area contributed by atoms with Crippen molar-refractivity contribution in [2.24, 2.45) is 11.8 Å². The molecule has 166 valence electrons. The Hall–Kier alpha value is -2.66. The number of unbranched alkanes of at least 4 members (excludes halogenated alkanes) is 1. The van der Waals surface area contributed by atoms with Gasteiger partial charge in [-0.3, -0.25) is 0 Å². The Morgan fingerprint density at radius 3 is 2.25 bits per heavy atom. The molecule has 0 bridgehead atoms. The second kappa shape index (κ2) is 10.8. The average molecular weight is 431 g/mol. The van der Waals surface area contributed by atoms with Crippen LogP contribution in [-0.2, 0) is 6.42 Å². The minimum absolute atomic E-state index is 0.249. The molecule has 0 amide bonds. The van der Waals surface area contributed by atoms with E-state index < -0.39 is 0 Å². The molecule has 0 radical (unpaired) electrons. The van der Waals surface area contributed by atoms with Gasteiger partial charge in [0.2, 0.25) is 0 Å². The van der Waals surface area contributed by atoms with Crippen LogP contribution in [-0.4, -0.2) is 0 Å². The van der Waals surface area contributed by atoms with Crippen LogP contribution in [0.15, 0.2) is 54.6 Å². The molecule has 0 aliphatic heterocycles. The van der Waals surface area contributed by atoms with Gasteiger partial charge in [-0.25, -0.2) is 8.78 Å². The van der Waals surface area contributed by atoms with Crippen molar-refractivity contribution in [3.63, 3.8) is 0 Å². The molecule has 0 atom stereocenters. The van der Waals surface area contributed by atoms with Crippen molar-refractivity contribution in [1.29, 1.82) is 0 Å². The molecule has 2 heteroatoms. The highest BCUT2D eigenvalue weighted by Crippen LogP contribution is 2.34. The Labute approximate surface area is 191 Å². The molecule has 0 unspecified atom stereocenters. The molecule has 1 aliphatic carbocycles. The van der Waals surface area contributed by atoms with Gasteiger partial charge >= 0.3 is 0 Å². The van der Waals surface area contributed by atoms with Gasteiger partial charge in [-0.1, -0.05) is 81.9 Å². The Bertz CT molecular complexity index is 1110. The number of halogens is 2. The summed E-state index contributed by atoms with van der Waals surface area (Å²) in [5.74, 6) is 7.23. The van der Waals surface area contributed by atoms with Gasteiger partial charge in [-0.15, -0.1) is 0 Å². The molecule has 1 aliphatic rings. The lowest BCUT2D eigenvalue weighted by atomic mass is 9.78. The third-order valence-electron chi connectivity index (χ3n) is 6.95. The quantitative estimate of drug-likeness (QED) is 0.344. The maximum absolute atomic E-state index is 14.6. The SMILES string of the molecule is CCCCC1CCC(CCc2ccc(C#Cc3ccc4cc(F)ccc4c3)c(F)c2)CC1. The van der Waals surface area contributed by atoms with Crippen LogP contribution in [0.5, 0.6) is 0 Å². The summed E-state index contributed by atoms with van der Waals surface area (Å²) in [5, 5.41) is 1.76. The number of hydrogen-bond acceptors (Lipinski definition) is 0. The highest BCUT2D eigenvalue weighted by Gasteiger charge is 2.20. The first-order valence-corrected chi connectivity index (χ1v) is 12.1. The first-order valence-electron chi connectivity index (χ1n) is 12.1. The fourth-order valence-corrected chi connectivity index (χ4v) is 4.92. The first kappa shape index (κ1) is 22.5. The van der Waals surface area contributed by atoms with Crippen LogP contribution in [0.2, 0.25) is 0 Å². The van der Waals surface area contributed by atoms with Crippen molar-refractivity contribution in [3.8, 4) is 11.8 Å². The van der Waals surface area contributed by atoms with Gasteiger partial charge in [-0.05, 0) is 77.4 Å². The van der Waals surface area contributed by atoms with E-state index in [1.165, 1.54) is 57.1 Å². The number of hydrogen-bond donors (Lipinski definition) is 0. The maximum atomic E-state index is 14.6. The van der Waals surface area contributed by atoms with Crippen LogP contribution in [0.1, 0.15) is 75.0 Å². The smallest absolute Gasteiger partial charge is 0.139 e. The number of fused-ring (bicyclic) bond motifs is 1. The Morgan fingerprint density at radius 1 is 0.781 bits per heavy atom. The molecule has 1 fully saturated rings. The fourth-order valence-electron chi connectivity index (χ4n) is 4.92. The fraction of sp³-hybridized carbons (Fsp3) is 0.400. The molecule has 4 rings (SSSR count). The van der Waals surface area contributed by atoms with Crippen molar-refractivity contribution in [3.05, 3.63) is 82.9 Å². The first-order chi connectivity index (χ1) is 15.6. The summed E-state index contributed by atoms with van der Waals surface area (Å²) in [6.07, 6.45) is 11.6. The summed E-state index contributed by atoms with van der Waals surface area (Å²) >= 11 is 0. The van der Waals surface area contributed by atoms with Gasteiger partial charge in [0.1, 0.15) is 11.6 Å². The summed E-state index contributed by atoms with van der Waals surface area (Å²) in [6, 6.07) is 15.8. The van der Waals surface area contributed by atoms with Crippen molar-refractivity contribution in [2.75, 3.05) is 0 Å². The van der Waals surface area contributed by atoms with Gasteiger partial charge in [0.15, 0.2) is 0 Å². The molecule has 0 saturated heterocycles. The van der Waals surface area contributed by atoms with E-state index in [9.17, 15) is 8.78 Å². The summed E-state index contributed by atoms with van der Waals surface area (Å²) in [4.78, 5) is 0. The zero-order chi connectivity index (χ0) is 22.3. The maximum Gasteiger partial charge on any atom is 0.139 e. The van der Waals surface area contributed by atoms with Crippen LogP contribution in [0.3, 0.4) is 0 Å². The highest BCUT2D eigenvalue weighted by atomic mass is 19.1. The van der Waals surface area contributed by atoms with Crippen LogP contribution in [0.4, 0.5) is 8.78 Å². The van der Waals surface area contributed by atoms with Gasteiger partial charge in [0.25, 0.3) is 0 Å². The van der Waals surface area contributed by atoms with E-state index >= 15 is 0 Å². The molecule has 1 saturated carbocycles. The zero-order valence-corrected chi connectivity index (χ0v) is 19.0. The van der Waals surface area contributed by atoms with Gasteiger partial charge < -0.3 is 0 Å². The lowest BCUT2D eigenvalue weighted by Gasteiger charge is -2.28. The van der Waals surface area contributed by atoms with Crippen molar-refractivity contribution < 1.29 is 8.78 Å². The van der Waals surface area contributed by atoms with Crippen molar-refractivity contribution in [2.45, 2.75) is 64.7 Å². The molecular formula is C30H32F2. The number of benzene rings is 3. The molecule has 3 aromatic carbocycles. The van der Waals surface area contributed by atoms with Crippen LogP contribution in [0.25, 0.3) is 10.8 Å². The lowest BCUT2D eigenvalue weighted by Crippen LogP contribution is -2.15. The molecule has 0 heterocycles. The number of rotatable bonds is 6. The van der Waals surface area contributed by atoms with E-state index in [-0.39, 0.29) is 11.6 Å². The minimum atomic E-state index is -0.252. The predicted octanol–water partition coefficient (Wildman–Crippen LogP) is 8.45. The highest BCUT2D eigenvalue weighted by molar-refractivity contribution is 5.83. The van der Waals surface area contributed by atoms with Crippen LogP contribution in [0, 0.1) is 35.3 Å². The Balaban J connectivity index is 1.34. The Morgan fingerprint density at radius 2 is 1.50 bits per heavy atom. The summed E-state index contributed by atoms with van der Waals surface area (Å²) in [5.41, 5.74) is 2.28. The minimum Gasteiger partial charge on any atom is -0.207 e. The van der Waals surface area contributed by atoms with E-state index in [0.717, 1.165) is 46.6 Å². The topological polar surface area (TPSA) is 0 Å². The molecule has 32 heavy (non-hydrogen) atoms. The van der Waals surface area contributed by atoms with Crippen LogP contribution >= 0.6 is 0 Å². The van der Waals surface area contributed by atoms with E-state index in [0.29, 0.717) is 5.56 Å². The third kappa shape index (κ3) is 5.98. The van der Waals surface area contributed by atoms with E-state index in [4.69, 9.17) is 0 Å². The predicted molar refractivity (Wildman–Crippen MR) is 130 cm³/mol. The monoisotopic (exact) mass is 430 g/mol. The molecule has 0 nitrogen and oxygen atoms in total. The van der Waals surface area contributed by atoms with Gasteiger partial charge in [0, 0.05) is 5.56 Å². The second-order valence-corrected chi connectivity index (χ2v) is 9.34. The largest absolute Gasteiger partial charge is 0.207 e. The molecule has 0 aromatic heterocycles. The Kier molecular flexibility index (Phi) is 7.59. The van der Waals surface area contributed by atoms with Crippen molar-refractivity contribution in [1.82, 2.24) is 0 Å². The summed E-state index contributed by atoms with van der Waals surface area (Å²) < 4.78 is 28.0. The molecular weight excluding hydrogens is 398 g/mol. The summed E-state index contributed by atoms with van der Waals surface area (Å²) in [7, 11) is 0. The average Bonchev–Trinajstić information content (AvgIpc) is 2.81. The van der Waals surface area contributed by atoms with Gasteiger partial charge in [-0.2, -0.15) is 0 Å². The molecule has 0 N–H and O–H groups in total. The van der Waals surface area contributed by atoms with E-state index in [1.54, 1.807) is 18.2 Å². The number of aryl methyl sites for hydroxylation is 1. The molecule has 0 spiro atoms. The van der Waals surface area contributed by atoms with E-state index in [1.807, 2.05) is 24.3 Å². The molecule has 3 aromatic rings. The van der Waals surface area contributed by atoms with Crippen LogP contribution < -0.4 is 0 Å². The second-order valence-electron chi connectivity index (χ2n) is 9.34.